The van der Waals surface area contributed by atoms with Crippen LogP contribution >= 0.6 is 0 Å². The summed E-state index contributed by atoms with van der Waals surface area (Å²) in [5.41, 5.74) is 2.65. The highest BCUT2D eigenvalue weighted by molar-refractivity contribution is 5.53. The van der Waals surface area contributed by atoms with Crippen LogP contribution in [0, 0.1) is 0 Å². The summed E-state index contributed by atoms with van der Waals surface area (Å²) in [4.78, 5) is 0. The Labute approximate surface area is 66.3 Å². The molecule has 0 amide bonds. The van der Waals surface area contributed by atoms with E-state index >= 15 is 0 Å². The average molecular weight is 146 g/mol. The van der Waals surface area contributed by atoms with E-state index in [1.807, 2.05) is 18.2 Å². The molecule has 56 valence electrons. The summed E-state index contributed by atoms with van der Waals surface area (Å²) in [6.07, 6.45) is 2.18. The van der Waals surface area contributed by atoms with Crippen molar-refractivity contribution in [3.05, 3.63) is 41.5 Å². The molecule has 1 aliphatic rings. The zero-order chi connectivity index (χ0) is 7.52. The molecule has 0 atom stereocenters. The molecule has 1 nitrogen and oxygen atoms in total. The van der Waals surface area contributed by atoms with Crippen LogP contribution in [0.1, 0.15) is 5.56 Å². The number of hydrogen-bond donors (Lipinski definition) is 0. The highest BCUT2D eigenvalue weighted by Gasteiger charge is 2.07. The van der Waals surface area contributed by atoms with E-state index in [9.17, 15) is 0 Å². The van der Waals surface area contributed by atoms with Gasteiger partial charge in [-0.05, 0) is 11.1 Å². The topological polar surface area (TPSA) is 9.23 Å². The molecule has 1 aromatic carbocycles. The summed E-state index contributed by atoms with van der Waals surface area (Å²) >= 11 is 0. The van der Waals surface area contributed by atoms with Gasteiger partial charge >= 0.3 is 0 Å². The Bertz CT molecular complexity index is 255. The SMILES string of the molecule is C(=C1COC1)c1ccccc1. The van der Waals surface area contributed by atoms with Crippen molar-refractivity contribution in [1.82, 2.24) is 0 Å². The summed E-state index contributed by atoms with van der Waals surface area (Å²) in [7, 11) is 0. The molecule has 0 saturated carbocycles. The molecule has 1 saturated heterocycles. The lowest BCUT2D eigenvalue weighted by Gasteiger charge is -2.17. The molecule has 1 heteroatoms. The molecule has 0 spiro atoms. The molecule has 0 aromatic heterocycles. The maximum Gasteiger partial charge on any atom is 0.0706 e. The third kappa shape index (κ3) is 1.49. The van der Waals surface area contributed by atoms with Crippen molar-refractivity contribution < 1.29 is 4.74 Å². The Morgan fingerprint density at radius 1 is 1.09 bits per heavy atom. The van der Waals surface area contributed by atoms with E-state index in [-0.39, 0.29) is 0 Å². The lowest BCUT2D eigenvalue weighted by molar-refractivity contribution is 0.105. The molecule has 0 radical (unpaired) electrons. The Kier molecular flexibility index (Phi) is 1.74. The standard InChI is InChI=1S/C10H10O/c1-2-4-9(5-3-1)6-10-7-11-8-10/h1-6H,7-8H2. The fourth-order valence-corrected chi connectivity index (χ4v) is 1.09. The zero-order valence-electron chi connectivity index (χ0n) is 6.29. The lowest BCUT2D eigenvalue weighted by Crippen LogP contribution is -2.15. The van der Waals surface area contributed by atoms with E-state index in [2.05, 4.69) is 18.2 Å². The Hall–Kier alpha value is -1.08. The quantitative estimate of drug-likeness (QED) is 0.589. The molecule has 2 rings (SSSR count). The Morgan fingerprint density at radius 3 is 2.36 bits per heavy atom. The summed E-state index contributed by atoms with van der Waals surface area (Å²) in [6, 6.07) is 10.3. The number of ether oxygens (including phenoxy) is 1. The number of benzene rings is 1. The van der Waals surface area contributed by atoms with Crippen LogP contribution in [-0.2, 0) is 4.74 Å². The van der Waals surface area contributed by atoms with Crippen LogP contribution in [0.2, 0.25) is 0 Å². The first-order valence-corrected chi connectivity index (χ1v) is 3.77. The van der Waals surface area contributed by atoms with Crippen LogP contribution < -0.4 is 0 Å². The van der Waals surface area contributed by atoms with Gasteiger partial charge in [-0.1, -0.05) is 36.4 Å². The zero-order valence-corrected chi connectivity index (χ0v) is 6.29. The predicted molar refractivity (Wildman–Crippen MR) is 45.2 cm³/mol. The van der Waals surface area contributed by atoms with Crippen molar-refractivity contribution in [2.24, 2.45) is 0 Å². The minimum absolute atomic E-state index is 0.814. The molecule has 11 heavy (non-hydrogen) atoms. The normalized spacial score (nSPS) is 15.8. The first-order chi connectivity index (χ1) is 5.45. The highest BCUT2D eigenvalue weighted by atomic mass is 16.5. The molecule has 0 unspecified atom stereocenters. The monoisotopic (exact) mass is 146 g/mol. The molecule has 0 bridgehead atoms. The van der Waals surface area contributed by atoms with Gasteiger partial charge in [-0.15, -0.1) is 0 Å². The minimum Gasteiger partial charge on any atom is -0.373 e. The average Bonchev–Trinajstić information content (AvgIpc) is 1.99. The van der Waals surface area contributed by atoms with Gasteiger partial charge in [0.2, 0.25) is 0 Å². The molecule has 0 aliphatic carbocycles. The number of rotatable bonds is 1. The Morgan fingerprint density at radius 2 is 1.82 bits per heavy atom. The molecule has 1 heterocycles. The van der Waals surface area contributed by atoms with Gasteiger partial charge in [0.15, 0.2) is 0 Å². The third-order valence-corrected chi connectivity index (χ3v) is 1.75. The molecule has 0 N–H and O–H groups in total. The van der Waals surface area contributed by atoms with Gasteiger partial charge in [0.1, 0.15) is 0 Å². The van der Waals surface area contributed by atoms with Gasteiger partial charge < -0.3 is 4.74 Å². The maximum absolute atomic E-state index is 5.04. The van der Waals surface area contributed by atoms with Gasteiger partial charge in [0, 0.05) is 0 Å². The van der Waals surface area contributed by atoms with Crippen molar-refractivity contribution in [3.8, 4) is 0 Å². The van der Waals surface area contributed by atoms with Crippen LogP contribution in [0.15, 0.2) is 35.9 Å². The Balaban J connectivity index is 2.17. The maximum atomic E-state index is 5.04. The van der Waals surface area contributed by atoms with E-state index in [1.54, 1.807) is 0 Å². The fourth-order valence-electron chi connectivity index (χ4n) is 1.09. The largest absolute Gasteiger partial charge is 0.373 e. The molecule has 1 aromatic rings. The number of hydrogen-bond acceptors (Lipinski definition) is 1. The van der Waals surface area contributed by atoms with Crippen LogP contribution in [-0.4, -0.2) is 13.2 Å². The van der Waals surface area contributed by atoms with E-state index in [0.29, 0.717) is 0 Å². The van der Waals surface area contributed by atoms with Gasteiger partial charge in [-0.25, -0.2) is 0 Å². The van der Waals surface area contributed by atoms with Crippen LogP contribution in [0.25, 0.3) is 6.08 Å². The van der Waals surface area contributed by atoms with Crippen molar-refractivity contribution in [2.45, 2.75) is 0 Å². The van der Waals surface area contributed by atoms with E-state index < -0.39 is 0 Å². The van der Waals surface area contributed by atoms with Crippen LogP contribution in [0.5, 0.6) is 0 Å². The van der Waals surface area contributed by atoms with Gasteiger partial charge in [-0.3, -0.25) is 0 Å². The van der Waals surface area contributed by atoms with E-state index in [0.717, 1.165) is 13.2 Å². The second kappa shape index (κ2) is 2.89. The summed E-state index contributed by atoms with van der Waals surface area (Å²) in [6.45, 7) is 1.63. The second-order valence-electron chi connectivity index (χ2n) is 2.71. The van der Waals surface area contributed by atoms with Crippen molar-refractivity contribution in [1.29, 1.82) is 0 Å². The summed E-state index contributed by atoms with van der Waals surface area (Å²) in [5, 5.41) is 0. The van der Waals surface area contributed by atoms with Gasteiger partial charge in [-0.2, -0.15) is 0 Å². The summed E-state index contributed by atoms with van der Waals surface area (Å²) < 4.78 is 5.04. The third-order valence-electron chi connectivity index (χ3n) is 1.75. The molecular formula is C10H10O. The van der Waals surface area contributed by atoms with Crippen molar-refractivity contribution in [2.75, 3.05) is 13.2 Å². The van der Waals surface area contributed by atoms with Crippen molar-refractivity contribution in [3.63, 3.8) is 0 Å². The van der Waals surface area contributed by atoms with E-state index in [4.69, 9.17) is 4.74 Å². The summed E-state index contributed by atoms with van der Waals surface area (Å²) in [5.74, 6) is 0. The molecule has 1 aliphatic heterocycles. The molecule has 1 fully saturated rings. The first-order valence-electron chi connectivity index (χ1n) is 3.77. The van der Waals surface area contributed by atoms with Gasteiger partial charge in [0.25, 0.3) is 0 Å². The van der Waals surface area contributed by atoms with Crippen LogP contribution in [0.4, 0.5) is 0 Å². The minimum atomic E-state index is 0.814. The molecular weight excluding hydrogens is 136 g/mol. The van der Waals surface area contributed by atoms with Gasteiger partial charge in [0.05, 0.1) is 13.2 Å². The fraction of sp³-hybridized carbons (Fsp3) is 0.200. The smallest absolute Gasteiger partial charge is 0.0706 e. The van der Waals surface area contributed by atoms with Crippen molar-refractivity contribution >= 4 is 6.08 Å². The highest BCUT2D eigenvalue weighted by Crippen LogP contribution is 2.13. The lowest BCUT2D eigenvalue weighted by atomic mass is 10.1. The van der Waals surface area contributed by atoms with Crippen LogP contribution in [0.3, 0.4) is 0 Å². The van der Waals surface area contributed by atoms with E-state index in [1.165, 1.54) is 11.1 Å². The first kappa shape index (κ1) is 6.62. The second-order valence-corrected chi connectivity index (χ2v) is 2.71. The predicted octanol–water partition coefficient (Wildman–Crippen LogP) is 2.10.